The molecule has 0 unspecified atom stereocenters. The molecule has 2 aromatic heterocycles. The quantitative estimate of drug-likeness (QED) is 0.558. The number of benzene rings is 1. The molecule has 0 bridgehead atoms. The molecule has 0 spiro atoms. The minimum Gasteiger partial charge on any atom is -0.339 e. The van der Waals surface area contributed by atoms with Crippen LogP contribution >= 0.6 is 11.3 Å². The predicted molar refractivity (Wildman–Crippen MR) is 118 cm³/mol. The smallest absolute Gasteiger partial charge is 0.252 e. The first-order chi connectivity index (χ1) is 14.9. The van der Waals surface area contributed by atoms with Gasteiger partial charge < -0.3 is 9.42 Å². The van der Waals surface area contributed by atoms with Gasteiger partial charge in [-0.1, -0.05) is 23.4 Å². The molecule has 164 valence electrons. The molecule has 0 saturated carbocycles. The number of sulfonamides is 1. The molecule has 0 N–H and O–H groups in total. The van der Waals surface area contributed by atoms with Crippen LogP contribution in [-0.2, 0) is 14.8 Å². The lowest BCUT2D eigenvalue weighted by molar-refractivity contribution is -0.123. The Balaban J connectivity index is 1.52. The van der Waals surface area contributed by atoms with Crippen LogP contribution in [-0.4, -0.2) is 48.4 Å². The SMILES string of the molecule is CCN(C(=O)[C@@H]1CCCN(S(=O)(=O)c2cc(-c3noc(C)n3)cs2)C1)c1ccccc1. The third-order valence-electron chi connectivity index (χ3n) is 5.34. The van der Waals surface area contributed by atoms with Crippen molar-refractivity contribution in [2.45, 2.75) is 30.9 Å². The highest BCUT2D eigenvalue weighted by atomic mass is 32.2. The van der Waals surface area contributed by atoms with Gasteiger partial charge in [-0.3, -0.25) is 4.79 Å². The summed E-state index contributed by atoms with van der Waals surface area (Å²) in [5.74, 6) is 0.371. The van der Waals surface area contributed by atoms with Crippen LogP contribution in [0.3, 0.4) is 0 Å². The van der Waals surface area contributed by atoms with Crippen LogP contribution in [0.1, 0.15) is 25.7 Å². The van der Waals surface area contributed by atoms with Gasteiger partial charge in [0.25, 0.3) is 10.0 Å². The van der Waals surface area contributed by atoms with Crippen LogP contribution < -0.4 is 4.90 Å². The molecule has 31 heavy (non-hydrogen) atoms. The number of thiophene rings is 1. The van der Waals surface area contributed by atoms with E-state index in [0.29, 0.717) is 43.2 Å². The first-order valence-corrected chi connectivity index (χ1v) is 12.5. The fourth-order valence-electron chi connectivity index (χ4n) is 3.77. The summed E-state index contributed by atoms with van der Waals surface area (Å²) < 4.78 is 33.1. The third kappa shape index (κ3) is 4.41. The number of carbonyl (C=O) groups is 1. The number of amides is 1. The van der Waals surface area contributed by atoms with Gasteiger partial charge in [-0.2, -0.15) is 9.29 Å². The van der Waals surface area contributed by atoms with Crippen LogP contribution in [0.15, 0.2) is 50.5 Å². The van der Waals surface area contributed by atoms with Gasteiger partial charge in [-0.15, -0.1) is 11.3 Å². The molecule has 0 radical (unpaired) electrons. The summed E-state index contributed by atoms with van der Waals surface area (Å²) >= 11 is 1.12. The highest BCUT2D eigenvalue weighted by Crippen LogP contribution is 2.32. The lowest BCUT2D eigenvalue weighted by atomic mass is 9.98. The Morgan fingerprint density at radius 3 is 2.77 bits per heavy atom. The number of nitrogens with zero attached hydrogens (tertiary/aromatic N) is 4. The van der Waals surface area contributed by atoms with E-state index < -0.39 is 10.0 Å². The van der Waals surface area contributed by atoms with Crippen LogP contribution in [0.2, 0.25) is 0 Å². The number of aryl methyl sites for hydroxylation is 1. The van der Waals surface area contributed by atoms with Crippen LogP contribution in [0.4, 0.5) is 5.69 Å². The van der Waals surface area contributed by atoms with E-state index in [1.54, 1.807) is 23.3 Å². The summed E-state index contributed by atoms with van der Waals surface area (Å²) in [6.07, 6.45) is 1.32. The molecule has 1 amide bonds. The van der Waals surface area contributed by atoms with Crippen LogP contribution in [0.25, 0.3) is 11.4 Å². The van der Waals surface area contributed by atoms with Gasteiger partial charge >= 0.3 is 0 Å². The van der Waals surface area contributed by atoms with E-state index in [9.17, 15) is 13.2 Å². The monoisotopic (exact) mass is 460 g/mol. The molecule has 8 nitrogen and oxygen atoms in total. The summed E-state index contributed by atoms with van der Waals surface area (Å²) in [6, 6.07) is 11.0. The van der Waals surface area contributed by atoms with E-state index in [0.717, 1.165) is 17.0 Å². The summed E-state index contributed by atoms with van der Waals surface area (Å²) in [6.45, 7) is 4.72. The summed E-state index contributed by atoms with van der Waals surface area (Å²) in [4.78, 5) is 19.1. The topological polar surface area (TPSA) is 96.6 Å². The lowest BCUT2D eigenvalue weighted by Gasteiger charge is -2.33. The molecule has 1 aromatic carbocycles. The van der Waals surface area contributed by atoms with Crippen LogP contribution in [0.5, 0.6) is 0 Å². The number of rotatable bonds is 6. The van der Waals surface area contributed by atoms with Gasteiger partial charge in [0, 0.05) is 43.2 Å². The van der Waals surface area contributed by atoms with Crippen molar-refractivity contribution in [3.63, 3.8) is 0 Å². The Hall–Kier alpha value is -2.56. The van der Waals surface area contributed by atoms with Crippen molar-refractivity contribution in [2.24, 2.45) is 5.92 Å². The minimum atomic E-state index is -3.71. The number of carbonyl (C=O) groups excluding carboxylic acids is 1. The first kappa shape index (κ1) is 21.7. The molecule has 3 heterocycles. The van der Waals surface area contributed by atoms with Crippen molar-refractivity contribution in [3.05, 3.63) is 47.7 Å². The van der Waals surface area contributed by atoms with Gasteiger partial charge in [0.15, 0.2) is 0 Å². The van der Waals surface area contributed by atoms with Gasteiger partial charge in [0.05, 0.1) is 5.92 Å². The van der Waals surface area contributed by atoms with Gasteiger partial charge in [-0.25, -0.2) is 8.42 Å². The second-order valence-corrected chi connectivity index (χ2v) is 10.5. The van der Waals surface area contributed by atoms with Crippen molar-refractivity contribution in [1.82, 2.24) is 14.4 Å². The normalized spacial score (nSPS) is 17.5. The molecule has 1 fully saturated rings. The molecule has 10 heteroatoms. The highest BCUT2D eigenvalue weighted by Gasteiger charge is 2.36. The molecular formula is C21H24N4O4S2. The zero-order valence-corrected chi connectivity index (χ0v) is 19.0. The molecule has 1 aliphatic rings. The number of hydrogen-bond donors (Lipinski definition) is 0. The molecule has 0 aliphatic carbocycles. The van der Waals surface area contributed by atoms with Crippen molar-refractivity contribution >= 4 is 33.0 Å². The number of aromatic nitrogens is 2. The fraction of sp³-hybridized carbons (Fsp3) is 0.381. The van der Waals surface area contributed by atoms with Gasteiger partial charge in [0.1, 0.15) is 4.21 Å². The maximum absolute atomic E-state index is 13.3. The second-order valence-electron chi connectivity index (χ2n) is 7.41. The van der Waals surface area contributed by atoms with E-state index >= 15 is 0 Å². The third-order valence-corrected chi connectivity index (χ3v) is 8.62. The summed E-state index contributed by atoms with van der Waals surface area (Å²) in [5.41, 5.74) is 1.43. The number of para-hydroxylation sites is 1. The Morgan fingerprint density at radius 2 is 2.10 bits per heavy atom. The zero-order valence-electron chi connectivity index (χ0n) is 17.4. The standard InChI is InChI=1S/C21H24N4O4S2/c1-3-25(18-9-5-4-6-10-18)21(26)16-8-7-11-24(13-16)31(27,28)19-12-17(14-30-19)20-22-15(2)29-23-20/h4-6,9-10,12,14,16H,3,7-8,11,13H2,1-2H3/t16-/m1/s1. The largest absolute Gasteiger partial charge is 0.339 e. The van der Waals surface area contributed by atoms with Gasteiger partial charge in [-0.05, 0) is 38.0 Å². The molecule has 3 aromatic rings. The maximum atomic E-state index is 13.3. The van der Waals surface area contributed by atoms with Crippen molar-refractivity contribution in [1.29, 1.82) is 0 Å². The Bertz CT molecular complexity index is 1160. The number of piperidine rings is 1. The lowest BCUT2D eigenvalue weighted by Crippen LogP contribution is -2.46. The average Bonchev–Trinajstić information content (AvgIpc) is 3.45. The molecule has 1 saturated heterocycles. The van der Waals surface area contributed by atoms with Gasteiger partial charge in [0.2, 0.25) is 17.6 Å². The predicted octanol–water partition coefficient (Wildman–Crippen LogP) is 3.56. The molecular weight excluding hydrogens is 436 g/mol. The van der Waals surface area contributed by atoms with E-state index in [2.05, 4.69) is 10.1 Å². The highest BCUT2D eigenvalue weighted by molar-refractivity contribution is 7.91. The van der Waals surface area contributed by atoms with E-state index in [1.165, 1.54) is 4.31 Å². The second kappa shape index (κ2) is 8.89. The Morgan fingerprint density at radius 1 is 1.32 bits per heavy atom. The summed E-state index contributed by atoms with van der Waals surface area (Å²) in [7, 11) is -3.71. The first-order valence-electron chi connectivity index (χ1n) is 10.2. The van der Waals surface area contributed by atoms with E-state index in [-0.39, 0.29) is 22.6 Å². The Labute approximate surface area is 185 Å². The maximum Gasteiger partial charge on any atom is 0.252 e. The molecule has 4 rings (SSSR count). The number of hydrogen-bond acceptors (Lipinski definition) is 7. The van der Waals surface area contributed by atoms with Crippen molar-refractivity contribution in [3.8, 4) is 11.4 Å². The molecule has 1 aliphatic heterocycles. The average molecular weight is 461 g/mol. The zero-order chi connectivity index (χ0) is 22.0. The van der Waals surface area contributed by atoms with E-state index in [4.69, 9.17) is 4.52 Å². The molecule has 1 atom stereocenters. The number of anilines is 1. The van der Waals surface area contributed by atoms with Crippen molar-refractivity contribution < 1.29 is 17.7 Å². The van der Waals surface area contributed by atoms with Crippen LogP contribution in [0, 0.1) is 12.8 Å². The fourth-order valence-corrected chi connectivity index (χ4v) is 6.60. The minimum absolute atomic E-state index is 0.0391. The van der Waals surface area contributed by atoms with E-state index in [1.807, 2.05) is 37.3 Å². The summed E-state index contributed by atoms with van der Waals surface area (Å²) in [5, 5.41) is 5.56. The van der Waals surface area contributed by atoms with Crippen molar-refractivity contribution in [2.75, 3.05) is 24.5 Å². The Kier molecular flexibility index (Phi) is 6.22.